The van der Waals surface area contributed by atoms with Gasteiger partial charge in [0.25, 0.3) is 5.56 Å². The minimum absolute atomic E-state index is 0.0549. The number of carbonyl (C=O) groups is 2. The fourth-order valence-electron chi connectivity index (χ4n) is 2.27. The Hall–Kier alpha value is -2.22. The second-order valence-corrected chi connectivity index (χ2v) is 6.52. The number of hydrogen-bond acceptors (Lipinski definition) is 6. The SMILES string of the molecule is Cc1c(C(=O)OC(C)C)sc2nc(C)n(CCC(N)=O)c(=O)c12. The summed E-state index contributed by atoms with van der Waals surface area (Å²) in [6.07, 6.45) is -0.187. The molecule has 0 saturated carbocycles. The molecule has 0 radical (unpaired) electrons. The van der Waals surface area contributed by atoms with Gasteiger partial charge in [0.05, 0.1) is 11.5 Å². The molecule has 0 spiro atoms. The fourth-order valence-corrected chi connectivity index (χ4v) is 3.37. The summed E-state index contributed by atoms with van der Waals surface area (Å²) in [5, 5.41) is 0.390. The Bertz CT molecular complexity index is 835. The van der Waals surface area contributed by atoms with Crippen LogP contribution >= 0.6 is 11.3 Å². The zero-order valence-electron chi connectivity index (χ0n) is 13.5. The molecule has 7 nitrogen and oxygen atoms in total. The number of thiophene rings is 1. The van der Waals surface area contributed by atoms with Gasteiger partial charge in [-0.05, 0) is 33.3 Å². The molecule has 0 aliphatic rings. The molecule has 0 bridgehead atoms. The molecule has 2 aromatic heterocycles. The molecule has 0 aromatic carbocycles. The second-order valence-electron chi connectivity index (χ2n) is 5.52. The topological polar surface area (TPSA) is 104 Å². The number of aromatic nitrogens is 2. The molecule has 2 rings (SSSR count). The van der Waals surface area contributed by atoms with E-state index >= 15 is 0 Å². The molecule has 2 heterocycles. The number of nitrogens with zero attached hydrogens (tertiary/aromatic N) is 2. The Morgan fingerprint density at radius 1 is 1.35 bits per heavy atom. The number of carbonyl (C=O) groups excluding carboxylic acids is 2. The van der Waals surface area contributed by atoms with Crippen LogP contribution in [0.1, 0.15) is 41.3 Å². The van der Waals surface area contributed by atoms with Crippen molar-refractivity contribution >= 4 is 33.4 Å². The number of hydrogen-bond donors (Lipinski definition) is 1. The maximum Gasteiger partial charge on any atom is 0.348 e. The summed E-state index contributed by atoms with van der Waals surface area (Å²) in [5.41, 5.74) is 5.42. The van der Waals surface area contributed by atoms with Gasteiger partial charge in [0.15, 0.2) is 0 Å². The summed E-state index contributed by atoms with van der Waals surface area (Å²) >= 11 is 1.14. The van der Waals surface area contributed by atoms with Crippen molar-refractivity contribution < 1.29 is 14.3 Å². The lowest BCUT2D eigenvalue weighted by Gasteiger charge is -2.08. The van der Waals surface area contributed by atoms with E-state index in [4.69, 9.17) is 10.5 Å². The zero-order chi connectivity index (χ0) is 17.3. The van der Waals surface area contributed by atoms with E-state index in [1.807, 2.05) is 0 Å². The molecular weight excluding hydrogens is 318 g/mol. The number of esters is 1. The Labute approximate surface area is 137 Å². The maximum atomic E-state index is 12.7. The minimum Gasteiger partial charge on any atom is -0.459 e. The number of primary amides is 1. The molecule has 0 saturated heterocycles. The van der Waals surface area contributed by atoms with Crippen LogP contribution in [0.5, 0.6) is 0 Å². The van der Waals surface area contributed by atoms with Crippen molar-refractivity contribution in [2.75, 3.05) is 0 Å². The average molecular weight is 337 g/mol. The molecule has 2 N–H and O–H groups in total. The number of amides is 1. The van der Waals surface area contributed by atoms with Crippen molar-refractivity contribution in [3.8, 4) is 0 Å². The lowest BCUT2D eigenvalue weighted by Crippen LogP contribution is -2.26. The number of fused-ring (bicyclic) bond motifs is 1. The standard InChI is InChI=1S/C15H19N3O4S/c1-7(2)22-15(21)12-8(3)11-13(23-12)17-9(4)18(14(11)20)6-5-10(16)19/h7H,5-6H2,1-4H3,(H2,16,19). The third kappa shape index (κ3) is 3.42. The first kappa shape index (κ1) is 17.1. The fraction of sp³-hybridized carbons (Fsp3) is 0.467. The van der Waals surface area contributed by atoms with Crippen LogP contribution in [0.25, 0.3) is 10.2 Å². The number of ether oxygens (including phenoxy) is 1. The van der Waals surface area contributed by atoms with E-state index in [0.717, 1.165) is 11.3 Å². The van der Waals surface area contributed by atoms with Crippen molar-refractivity contribution in [1.82, 2.24) is 9.55 Å². The second kappa shape index (κ2) is 6.49. The van der Waals surface area contributed by atoms with E-state index in [2.05, 4.69) is 4.98 Å². The quantitative estimate of drug-likeness (QED) is 0.833. The van der Waals surface area contributed by atoms with Gasteiger partial charge in [-0.15, -0.1) is 11.3 Å². The molecule has 0 fully saturated rings. The molecule has 0 atom stereocenters. The van der Waals surface area contributed by atoms with E-state index in [9.17, 15) is 14.4 Å². The van der Waals surface area contributed by atoms with Crippen molar-refractivity contribution in [1.29, 1.82) is 0 Å². The first-order valence-electron chi connectivity index (χ1n) is 7.22. The minimum atomic E-state index is -0.486. The van der Waals surface area contributed by atoms with Crippen LogP contribution in [0.4, 0.5) is 0 Å². The lowest BCUT2D eigenvalue weighted by atomic mass is 10.2. The highest BCUT2D eigenvalue weighted by Crippen LogP contribution is 2.28. The van der Waals surface area contributed by atoms with Gasteiger partial charge < -0.3 is 10.5 Å². The van der Waals surface area contributed by atoms with Gasteiger partial charge in [0.2, 0.25) is 5.91 Å². The Kier molecular flexibility index (Phi) is 4.84. The Morgan fingerprint density at radius 3 is 2.57 bits per heavy atom. The predicted octanol–water partition coefficient (Wildman–Crippen LogP) is 1.52. The summed E-state index contributed by atoms with van der Waals surface area (Å²) < 4.78 is 6.61. The van der Waals surface area contributed by atoms with Crippen LogP contribution in [-0.2, 0) is 16.1 Å². The van der Waals surface area contributed by atoms with Crippen molar-refractivity contribution in [3.63, 3.8) is 0 Å². The van der Waals surface area contributed by atoms with Gasteiger partial charge in [0.1, 0.15) is 15.5 Å². The van der Waals surface area contributed by atoms with E-state index in [1.165, 1.54) is 4.57 Å². The largest absolute Gasteiger partial charge is 0.459 e. The summed E-state index contributed by atoms with van der Waals surface area (Å²) in [6.45, 7) is 7.08. The van der Waals surface area contributed by atoms with E-state index in [0.29, 0.717) is 26.5 Å². The van der Waals surface area contributed by atoms with Crippen LogP contribution in [0.3, 0.4) is 0 Å². The Balaban J connectivity index is 2.56. The first-order valence-corrected chi connectivity index (χ1v) is 8.03. The van der Waals surface area contributed by atoms with Crippen LogP contribution in [-0.4, -0.2) is 27.5 Å². The summed E-state index contributed by atoms with van der Waals surface area (Å²) in [7, 11) is 0. The molecule has 23 heavy (non-hydrogen) atoms. The summed E-state index contributed by atoms with van der Waals surface area (Å²) in [5.74, 6) is -0.463. The van der Waals surface area contributed by atoms with Gasteiger partial charge in [-0.1, -0.05) is 0 Å². The highest BCUT2D eigenvalue weighted by Gasteiger charge is 2.22. The molecule has 0 aliphatic carbocycles. The number of nitrogens with two attached hydrogens (primary N) is 1. The van der Waals surface area contributed by atoms with Crippen molar-refractivity contribution in [2.45, 2.75) is 46.8 Å². The average Bonchev–Trinajstić information content (AvgIpc) is 2.74. The van der Waals surface area contributed by atoms with Gasteiger partial charge in [-0.25, -0.2) is 9.78 Å². The normalized spacial score (nSPS) is 11.2. The van der Waals surface area contributed by atoms with Crippen molar-refractivity contribution in [3.05, 3.63) is 26.6 Å². The summed E-state index contributed by atoms with van der Waals surface area (Å²) in [6, 6.07) is 0. The van der Waals surface area contributed by atoms with Crippen LogP contribution in [0.15, 0.2) is 4.79 Å². The third-order valence-electron chi connectivity index (χ3n) is 3.35. The third-order valence-corrected chi connectivity index (χ3v) is 4.52. The van der Waals surface area contributed by atoms with E-state index in [1.54, 1.807) is 27.7 Å². The van der Waals surface area contributed by atoms with Crippen LogP contribution < -0.4 is 11.3 Å². The van der Waals surface area contributed by atoms with Crippen molar-refractivity contribution in [2.24, 2.45) is 5.73 Å². The molecule has 124 valence electrons. The predicted molar refractivity (Wildman–Crippen MR) is 87.7 cm³/mol. The highest BCUT2D eigenvalue weighted by atomic mass is 32.1. The van der Waals surface area contributed by atoms with Gasteiger partial charge >= 0.3 is 5.97 Å². The van der Waals surface area contributed by atoms with Crippen LogP contribution in [0.2, 0.25) is 0 Å². The van der Waals surface area contributed by atoms with E-state index < -0.39 is 11.9 Å². The van der Waals surface area contributed by atoms with Gasteiger partial charge in [0, 0.05) is 13.0 Å². The maximum absolute atomic E-state index is 12.7. The molecule has 1 amide bonds. The molecule has 8 heteroatoms. The van der Waals surface area contributed by atoms with Crippen LogP contribution in [0, 0.1) is 13.8 Å². The molecule has 0 unspecified atom stereocenters. The van der Waals surface area contributed by atoms with E-state index in [-0.39, 0.29) is 24.6 Å². The smallest absolute Gasteiger partial charge is 0.348 e. The highest BCUT2D eigenvalue weighted by molar-refractivity contribution is 7.20. The number of rotatable bonds is 5. The summed E-state index contributed by atoms with van der Waals surface area (Å²) in [4.78, 5) is 41.0. The molecular formula is C15H19N3O4S. The monoisotopic (exact) mass is 337 g/mol. The Morgan fingerprint density at radius 2 is 2.00 bits per heavy atom. The lowest BCUT2D eigenvalue weighted by molar-refractivity contribution is -0.118. The molecule has 0 aliphatic heterocycles. The zero-order valence-corrected chi connectivity index (χ0v) is 14.3. The van der Waals surface area contributed by atoms with Gasteiger partial charge in [-0.3, -0.25) is 14.2 Å². The molecule has 2 aromatic rings. The number of aryl methyl sites for hydroxylation is 2. The first-order chi connectivity index (χ1) is 10.7. The van der Waals surface area contributed by atoms with Gasteiger partial charge in [-0.2, -0.15) is 0 Å².